The van der Waals surface area contributed by atoms with Gasteiger partial charge in [-0.3, -0.25) is 9.48 Å². The Morgan fingerprint density at radius 1 is 1.92 bits per heavy atom. The van der Waals surface area contributed by atoms with E-state index in [0.717, 1.165) is 0 Å². The van der Waals surface area contributed by atoms with E-state index >= 15 is 0 Å². The van der Waals surface area contributed by atoms with E-state index in [4.69, 9.17) is 5.26 Å². The average molecular weight is 164 g/mol. The predicted octanol–water partition coefficient (Wildman–Crippen LogP) is 0.272. The molecule has 0 aliphatic carbocycles. The summed E-state index contributed by atoms with van der Waals surface area (Å²) >= 11 is 0. The van der Waals surface area contributed by atoms with Crippen LogP contribution in [-0.4, -0.2) is 15.7 Å². The van der Waals surface area contributed by atoms with Crippen molar-refractivity contribution >= 4 is 11.6 Å². The van der Waals surface area contributed by atoms with Crippen LogP contribution in [0.4, 0.5) is 5.69 Å². The Balaban J connectivity index is 2.53. The molecule has 1 rings (SSSR count). The highest BCUT2D eigenvalue weighted by molar-refractivity contribution is 5.91. The molecular formula is C7H8N4O. The Kier molecular flexibility index (Phi) is 2.43. The topological polar surface area (TPSA) is 70.7 Å². The Morgan fingerprint density at radius 2 is 2.67 bits per heavy atom. The summed E-state index contributed by atoms with van der Waals surface area (Å²) in [5, 5.41) is 14.6. The van der Waals surface area contributed by atoms with E-state index in [9.17, 15) is 4.79 Å². The maximum Gasteiger partial charge on any atom is 0.238 e. The van der Waals surface area contributed by atoms with Gasteiger partial charge in [0.1, 0.15) is 6.42 Å². The quantitative estimate of drug-likeness (QED) is 0.682. The van der Waals surface area contributed by atoms with Crippen LogP contribution in [0, 0.1) is 11.3 Å². The molecule has 0 fully saturated rings. The van der Waals surface area contributed by atoms with Crippen LogP contribution in [0.1, 0.15) is 6.42 Å². The smallest absolute Gasteiger partial charge is 0.238 e. The number of carbonyl (C=O) groups excluding carboxylic acids is 1. The van der Waals surface area contributed by atoms with E-state index in [2.05, 4.69) is 10.4 Å². The van der Waals surface area contributed by atoms with Crippen molar-refractivity contribution in [2.45, 2.75) is 6.42 Å². The summed E-state index contributed by atoms with van der Waals surface area (Å²) in [7, 11) is 1.75. The van der Waals surface area contributed by atoms with Gasteiger partial charge in [0.25, 0.3) is 0 Å². The van der Waals surface area contributed by atoms with E-state index in [1.807, 2.05) is 0 Å². The lowest BCUT2D eigenvalue weighted by atomic mass is 10.4. The number of nitrogens with one attached hydrogen (secondary N) is 1. The van der Waals surface area contributed by atoms with Gasteiger partial charge in [-0.25, -0.2) is 0 Å². The van der Waals surface area contributed by atoms with E-state index in [1.165, 1.54) is 6.20 Å². The Morgan fingerprint density at radius 3 is 3.17 bits per heavy atom. The van der Waals surface area contributed by atoms with Crippen molar-refractivity contribution in [3.8, 4) is 6.07 Å². The molecule has 12 heavy (non-hydrogen) atoms. The molecule has 0 bridgehead atoms. The number of hydrogen-bond donors (Lipinski definition) is 1. The molecule has 1 N–H and O–H groups in total. The van der Waals surface area contributed by atoms with Crippen LogP contribution in [0.15, 0.2) is 12.4 Å². The molecule has 1 amide bonds. The summed E-state index contributed by atoms with van der Waals surface area (Å²) < 4.78 is 1.57. The minimum atomic E-state index is -0.314. The lowest BCUT2D eigenvalue weighted by Crippen LogP contribution is -2.09. The number of nitriles is 1. The molecular weight excluding hydrogens is 156 g/mol. The Labute approximate surface area is 69.6 Å². The summed E-state index contributed by atoms with van der Waals surface area (Å²) in [5.74, 6) is -0.314. The molecule has 0 spiro atoms. The summed E-state index contributed by atoms with van der Waals surface area (Å²) in [4.78, 5) is 10.9. The normalized spacial score (nSPS) is 9.00. The minimum Gasteiger partial charge on any atom is -0.323 e. The van der Waals surface area contributed by atoms with E-state index in [-0.39, 0.29) is 12.3 Å². The van der Waals surface area contributed by atoms with Crippen LogP contribution < -0.4 is 5.32 Å². The first-order chi connectivity index (χ1) is 5.72. The highest BCUT2D eigenvalue weighted by Crippen LogP contribution is 2.03. The monoisotopic (exact) mass is 164 g/mol. The van der Waals surface area contributed by atoms with Gasteiger partial charge < -0.3 is 5.32 Å². The number of carbonyl (C=O) groups is 1. The highest BCUT2D eigenvalue weighted by Gasteiger charge is 2.01. The maximum atomic E-state index is 10.9. The molecule has 0 aromatic carbocycles. The number of amides is 1. The van der Waals surface area contributed by atoms with Crippen molar-refractivity contribution < 1.29 is 4.79 Å². The van der Waals surface area contributed by atoms with Crippen molar-refractivity contribution in [1.29, 1.82) is 5.26 Å². The van der Waals surface area contributed by atoms with Crippen molar-refractivity contribution in [2.75, 3.05) is 5.32 Å². The van der Waals surface area contributed by atoms with Crippen LogP contribution in [0.3, 0.4) is 0 Å². The lowest BCUT2D eigenvalue weighted by Gasteiger charge is -1.95. The first-order valence-electron chi connectivity index (χ1n) is 3.38. The average Bonchev–Trinajstić information content (AvgIpc) is 2.36. The molecule has 1 aromatic rings. The molecule has 5 nitrogen and oxygen atoms in total. The van der Waals surface area contributed by atoms with Crippen molar-refractivity contribution in [3.63, 3.8) is 0 Å². The fourth-order valence-electron chi connectivity index (χ4n) is 0.763. The van der Waals surface area contributed by atoms with Gasteiger partial charge in [0.15, 0.2) is 0 Å². The van der Waals surface area contributed by atoms with Gasteiger partial charge >= 0.3 is 0 Å². The van der Waals surface area contributed by atoms with Gasteiger partial charge in [0, 0.05) is 13.2 Å². The molecule has 0 aliphatic heterocycles. The molecule has 0 saturated carbocycles. The van der Waals surface area contributed by atoms with Gasteiger partial charge in [0.05, 0.1) is 18.0 Å². The molecule has 0 atom stereocenters. The standard InChI is InChI=1S/C7H8N4O/c1-11-5-6(4-9-11)10-7(12)2-3-8/h4-5H,2H2,1H3,(H,10,12). The van der Waals surface area contributed by atoms with Crippen LogP contribution in [0.25, 0.3) is 0 Å². The van der Waals surface area contributed by atoms with Crippen LogP contribution in [0.2, 0.25) is 0 Å². The maximum absolute atomic E-state index is 10.9. The Bertz CT molecular complexity index is 322. The van der Waals surface area contributed by atoms with Gasteiger partial charge in [-0.15, -0.1) is 0 Å². The second-order valence-corrected chi connectivity index (χ2v) is 2.29. The van der Waals surface area contributed by atoms with Crippen molar-refractivity contribution in [3.05, 3.63) is 12.4 Å². The number of nitrogens with zero attached hydrogens (tertiary/aromatic N) is 3. The largest absolute Gasteiger partial charge is 0.323 e. The molecule has 1 aromatic heterocycles. The second-order valence-electron chi connectivity index (χ2n) is 2.29. The zero-order chi connectivity index (χ0) is 8.97. The third kappa shape index (κ3) is 2.09. The fourth-order valence-corrected chi connectivity index (χ4v) is 0.763. The van der Waals surface area contributed by atoms with Crippen molar-refractivity contribution in [1.82, 2.24) is 9.78 Å². The van der Waals surface area contributed by atoms with Crippen LogP contribution in [-0.2, 0) is 11.8 Å². The van der Waals surface area contributed by atoms with Gasteiger partial charge in [-0.1, -0.05) is 0 Å². The van der Waals surface area contributed by atoms with Gasteiger partial charge in [0.2, 0.25) is 5.91 Å². The zero-order valence-electron chi connectivity index (χ0n) is 6.61. The molecule has 0 saturated heterocycles. The van der Waals surface area contributed by atoms with Gasteiger partial charge in [-0.2, -0.15) is 10.4 Å². The summed E-state index contributed by atoms with van der Waals surface area (Å²) in [6.45, 7) is 0. The number of aromatic nitrogens is 2. The molecule has 62 valence electrons. The number of rotatable bonds is 2. The molecule has 0 unspecified atom stereocenters. The molecule has 1 heterocycles. The summed E-state index contributed by atoms with van der Waals surface area (Å²) in [5.41, 5.74) is 0.609. The highest BCUT2D eigenvalue weighted by atomic mass is 16.1. The SMILES string of the molecule is Cn1cc(NC(=O)CC#N)cn1. The fraction of sp³-hybridized carbons (Fsp3) is 0.286. The minimum absolute atomic E-state index is 0.130. The second kappa shape index (κ2) is 3.53. The first-order valence-corrected chi connectivity index (χ1v) is 3.38. The van der Waals surface area contributed by atoms with Crippen LogP contribution in [0.5, 0.6) is 0 Å². The number of aryl methyl sites for hydroxylation is 1. The van der Waals surface area contributed by atoms with E-state index in [0.29, 0.717) is 5.69 Å². The van der Waals surface area contributed by atoms with E-state index < -0.39 is 0 Å². The lowest BCUT2D eigenvalue weighted by molar-refractivity contribution is -0.115. The summed E-state index contributed by atoms with van der Waals surface area (Å²) in [6, 6.07) is 1.76. The molecule has 0 radical (unpaired) electrons. The van der Waals surface area contributed by atoms with Gasteiger partial charge in [-0.05, 0) is 0 Å². The van der Waals surface area contributed by atoms with E-state index in [1.54, 1.807) is 24.0 Å². The zero-order valence-corrected chi connectivity index (χ0v) is 6.61. The molecule has 5 heteroatoms. The predicted molar refractivity (Wildman–Crippen MR) is 42.1 cm³/mol. The number of hydrogen-bond acceptors (Lipinski definition) is 3. The third-order valence-corrected chi connectivity index (χ3v) is 1.23. The third-order valence-electron chi connectivity index (χ3n) is 1.23. The number of anilines is 1. The van der Waals surface area contributed by atoms with Crippen molar-refractivity contribution in [2.24, 2.45) is 7.05 Å². The Hall–Kier alpha value is -1.83. The summed E-state index contributed by atoms with van der Waals surface area (Å²) in [6.07, 6.45) is 3.06. The first kappa shape index (κ1) is 8.27. The van der Waals surface area contributed by atoms with Crippen LogP contribution >= 0.6 is 0 Å². The molecule has 0 aliphatic rings.